The summed E-state index contributed by atoms with van der Waals surface area (Å²) in [6.07, 6.45) is 2.40. The van der Waals surface area contributed by atoms with Crippen LogP contribution in [0.15, 0.2) is 0 Å². The normalized spacial score (nSPS) is 38.2. The molecule has 4 heteroatoms. The van der Waals surface area contributed by atoms with Crippen molar-refractivity contribution in [3.8, 4) is 0 Å². The maximum Gasteiger partial charge on any atom is 0.267 e. The summed E-state index contributed by atoms with van der Waals surface area (Å²) < 4.78 is 26.1. The third-order valence-corrected chi connectivity index (χ3v) is 3.50. The molecule has 1 saturated carbocycles. The molecule has 1 saturated heterocycles. The summed E-state index contributed by atoms with van der Waals surface area (Å²) in [5.41, 5.74) is 0. The van der Waals surface area contributed by atoms with E-state index in [2.05, 4.69) is 4.18 Å². The summed E-state index contributed by atoms with van der Waals surface area (Å²) in [5.74, 6) is 1.22. The fourth-order valence-corrected chi connectivity index (χ4v) is 2.76. The smallest absolute Gasteiger partial charge is 0.267 e. The highest BCUT2D eigenvalue weighted by molar-refractivity contribution is 7.86. The Morgan fingerprint density at radius 2 is 1.90 bits per heavy atom. The van der Waals surface area contributed by atoms with E-state index >= 15 is 0 Å². The molecule has 1 aliphatic carbocycles. The number of hydrogen-bond acceptors (Lipinski definition) is 3. The van der Waals surface area contributed by atoms with Crippen LogP contribution >= 0.6 is 0 Å². The monoisotopic (exact) mass is 162 g/mol. The highest BCUT2D eigenvalue weighted by Crippen LogP contribution is 2.40. The maximum atomic E-state index is 10.8. The molecule has 58 valence electrons. The molecule has 2 rings (SSSR count). The van der Waals surface area contributed by atoms with Gasteiger partial charge in [-0.15, -0.1) is 0 Å². The Balaban J connectivity index is 2.05. The van der Waals surface area contributed by atoms with Gasteiger partial charge in [0.2, 0.25) is 0 Å². The lowest BCUT2D eigenvalue weighted by Crippen LogP contribution is -2.07. The maximum absolute atomic E-state index is 10.8. The van der Waals surface area contributed by atoms with Gasteiger partial charge in [-0.2, -0.15) is 8.42 Å². The first-order chi connectivity index (χ1) is 4.67. The summed E-state index contributed by atoms with van der Waals surface area (Å²) in [5, 5.41) is 0. The molecule has 1 heterocycles. The largest absolute Gasteiger partial charge is 0.270 e. The summed E-state index contributed by atoms with van der Waals surface area (Å²) in [4.78, 5) is 0. The van der Waals surface area contributed by atoms with Crippen LogP contribution in [0.5, 0.6) is 0 Å². The van der Waals surface area contributed by atoms with Crippen LogP contribution in [-0.4, -0.2) is 20.8 Å². The van der Waals surface area contributed by atoms with Crippen LogP contribution in [0.25, 0.3) is 0 Å². The predicted molar refractivity (Wildman–Crippen MR) is 36.0 cm³/mol. The van der Waals surface area contributed by atoms with Crippen molar-refractivity contribution in [2.24, 2.45) is 11.8 Å². The summed E-state index contributed by atoms with van der Waals surface area (Å²) in [6, 6.07) is 0. The van der Waals surface area contributed by atoms with Crippen molar-refractivity contribution in [1.29, 1.82) is 0 Å². The van der Waals surface area contributed by atoms with Gasteiger partial charge in [0.05, 0.1) is 12.4 Å². The van der Waals surface area contributed by atoms with Gasteiger partial charge in [0.15, 0.2) is 0 Å². The van der Waals surface area contributed by atoms with E-state index in [9.17, 15) is 8.42 Å². The zero-order valence-electron chi connectivity index (χ0n) is 5.62. The van der Waals surface area contributed by atoms with Crippen molar-refractivity contribution in [1.82, 2.24) is 0 Å². The van der Waals surface area contributed by atoms with E-state index < -0.39 is 10.1 Å². The number of rotatable bonds is 1. The van der Waals surface area contributed by atoms with Crippen molar-refractivity contribution < 1.29 is 12.6 Å². The highest BCUT2D eigenvalue weighted by Gasteiger charge is 2.39. The lowest BCUT2D eigenvalue weighted by atomic mass is 10.1. The minimum absolute atomic E-state index is 0.262. The van der Waals surface area contributed by atoms with Crippen LogP contribution in [-0.2, 0) is 14.3 Å². The Bertz CT molecular complexity index is 227. The molecule has 3 nitrogen and oxygen atoms in total. The van der Waals surface area contributed by atoms with Crippen molar-refractivity contribution >= 4 is 10.1 Å². The quantitative estimate of drug-likeness (QED) is 0.523. The van der Waals surface area contributed by atoms with Gasteiger partial charge in [-0.1, -0.05) is 0 Å². The molecular formula is C6H10O3S. The van der Waals surface area contributed by atoms with Gasteiger partial charge in [-0.3, -0.25) is 4.18 Å². The lowest BCUT2D eigenvalue weighted by molar-refractivity contribution is 0.298. The fourth-order valence-electron chi connectivity index (χ4n) is 1.39. The lowest BCUT2D eigenvalue weighted by Gasteiger charge is -1.98. The van der Waals surface area contributed by atoms with E-state index in [-0.39, 0.29) is 5.75 Å². The second-order valence-corrected chi connectivity index (χ2v) is 4.79. The molecule has 0 amide bonds. The van der Waals surface area contributed by atoms with E-state index in [1.54, 1.807) is 0 Å². The van der Waals surface area contributed by atoms with Gasteiger partial charge in [0, 0.05) is 5.92 Å². The van der Waals surface area contributed by atoms with Crippen LogP contribution in [0.2, 0.25) is 0 Å². The first kappa shape index (κ1) is 6.61. The molecule has 0 bridgehead atoms. The Kier molecular flexibility index (Phi) is 1.29. The molecule has 0 aromatic rings. The van der Waals surface area contributed by atoms with Crippen molar-refractivity contribution in [2.75, 3.05) is 12.4 Å². The molecule has 0 aromatic heterocycles. The van der Waals surface area contributed by atoms with Crippen LogP contribution in [0, 0.1) is 11.8 Å². The van der Waals surface area contributed by atoms with Crippen LogP contribution in [0.3, 0.4) is 0 Å². The molecule has 0 spiro atoms. The number of hydrogen-bond donors (Lipinski definition) is 0. The standard InChI is InChI=1S/C6H10O3S/c7-10(8)4-6(3-9-10)5-1-2-5/h5-6H,1-4H2/t6-/m1/s1. The average Bonchev–Trinajstić information content (AvgIpc) is 2.59. The molecule has 2 aliphatic rings. The zero-order valence-corrected chi connectivity index (χ0v) is 6.43. The van der Waals surface area contributed by atoms with E-state index in [1.165, 1.54) is 12.8 Å². The molecule has 0 N–H and O–H groups in total. The van der Waals surface area contributed by atoms with Gasteiger partial charge in [-0.05, 0) is 18.8 Å². The van der Waals surface area contributed by atoms with E-state index in [4.69, 9.17) is 0 Å². The van der Waals surface area contributed by atoms with E-state index in [0.29, 0.717) is 18.4 Å². The molecule has 0 radical (unpaired) electrons. The Morgan fingerprint density at radius 1 is 1.20 bits per heavy atom. The molecule has 0 unspecified atom stereocenters. The second kappa shape index (κ2) is 1.95. The van der Waals surface area contributed by atoms with Gasteiger partial charge in [0.25, 0.3) is 10.1 Å². The minimum Gasteiger partial charge on any atom is -0.270 e. The Labute approximate surface area is 60.5 Å². The van der Waals surface area contributed by atoms with Crippen molar-refractivity contribution in [2.45, 2.75) is 12.8 Å². The van der Waals surface area contributed by atoms with Gasteiger partial charge in [-0.25, -0.2) is 0 Å². The highest BCUT2D eigenvalue weighted by atomic mass is 32.2. The first-order valence-electron chi connectivity index (χ1n) is 3.54. The SMILES string of the molecule is O=S1(=O)C[C@H](C2CC2)CO1. The third kappa shape index (κ3) is 1.18. The van der Waals surface area contributed by atoms with Gasteiger partial charge in [0.1, 0.15) is 0 Å². The topological polar surface area (TPSA) is 43.4 Å². The molecule has 1 atom stereocenters. The molecule has 0 aromatic carbocycles. The van der Waals surface area contributed by atoms with Crippen molar-refractivity contribution in [3.05, 3.63) is 0 Å². The second-order valence-electron chi connectivity index (χ2n) is 3.11. The zero-order chi connectivity index (χ0) is 7.19. The molecule has 10 heavy (non-hydrogen) atoms. The Morgan fingerprint density at radius 3 is 2.30 bits per heavy atom. The van der Waals surface area contributed by atoms with Crippen LogP contribution in [0.1, 0.15) is 12.8 Å². The minimum atomic E-state index is -3.10. The Hall–Kier alpha value is -0.0900. The van der Waals surface area contributed by atoms with Crippen LogP contribution < -0.4 is 0 Å². The average molecular weight is 162 g/mol. The third-order valence-electron chi connectivity index (χ3n) is 2.17. The van der Waals surface area contributed by atoms with E-state index in [1.807, 2.05) is 0 Å². The fraction of sp³-hybridized carbons (Fsp3) is 1.00. The summed E-state index contributed by atoms with van der Waals surface area (Å²) >= 11 is 0. The van der Waals surface area contributed by atoms with Gasteiger partial charge >= 0.3 is 0 Å². The van der Waals surface area contributed by atoms with Crippen LogP contribution in [0.4, 0.5) is 0 Å². The van der Waals surface area contributed by atoms with Crippen molar-refractivity contribution in [3.63, 3.8) is 0 Å². The van der Waals surface area contributed by atoms with Gasteiger partial charge < -0.3 is 0 Å². The van der Waals surface area contributed by atoms with E-state index in [0.717, 1.165) is 0 Å². The molecule has 2 fully saturated rings. The first-order valence-corrected chi connectivity index (χ1v) is 5.12. The predicted octanol–water partition coefficient (Wildman–Crippen LogP) is 0.373. The molecular weight excluding hydrogens is 152 g/mol. The molecule has 1 aliphatic heterocycles. The summed E-state index contributed by atoms with van der Waals surface area (Å²) in [7, 11) is -3.10. The summed E-state index contributed by atoms with van der Waals surface area (Å²) in [6.45, 7) is 0.438.